The third kappa shape index (κ3) is 3.32. The maximum absolute atomic E-state index is 13.4. The van der Waals surface area contributed by atoms with Crippen LogP contribution in [0, 0.1) is 24.2 Å². The van der Waals surface area contributed by atoms with E-state index in [0.717, 1.165) is 30.6 Å². The van der Waals surface area contributed by atoms with Gasteiger partial charge in [-0.25, -0.2) is 5.43 Å². The zero-order valence-electron chi connectivity index (χ0n) is 17.9. The van der Waals surface area contributed by atoms with Gasteiger partial charge < -0.3 is 4.74 Å². The third-order valence-corrected chi connectivity index (χ3v) is 7.70. The van der Waals surface area contributed by atoms with Gasteiger partial charge in [0.05, 0.1) is 18.7 Å². The van der Waals surface area contributed by atoms with Gasteiger partial charge in [0.15, 0.2) is 0 Å². The van der Waals surface area contributed by atoms with Crippen molar-refractivity contribution < 1.29 is 9.53 Å². The van der Waals surface area contributed by atoms with Crippen LogP contribution in [0.25, 0.3) is 0 Å². The van der Waals surface area contributed by atoms with Crippen LogP contribution in [0.4, 0.5) is 0 Å². The van der Waals surface area contributed by atoms with Gasteiger partial charge in [-0.15, -0.1) is 0 Å². The van der Waals surface area contributed by atoms with Crippen molar-refractivity contribution >= 4 is 12.1 Å². The molecule has 0 heterocycles. The number of ether oxygens (including phenoxy) is 1. The topological polar surface area (TPSA) is 50.7 Å². The van der Waals surface area contributed by atoms with Crippen LogP contribution in [0.5, 0.6) is 5.75 Å². The van der Waals surface area contributed by atoms with Crippen molar-refractivity contribution in [1.82, 2.24) is 5.43 Å². The molecule has 0 spiro atoms. The molecule has 0 saturated heterocycles. The molecule has 0 radical (unpaired) electrons. The summed E-state index contributed by atoms with van der Waals surface area (Å²) in [5, 5.41) is 4.30. The Kier molecular flexibility index (Phi) is 4.68. The number of carbonyl (C=O) groups excluding carboxylic acids is 1. The molecule has 0 unspecified atom stereocenters. The van der Waals surface area contributed by atoms with E-state index in [9.17, 15) is 4.79 Å². The van der Waals surface area contributed by atoms with E-state index in [1.54, 1.807) is 13.3 Å². The van der Waals surface area contributed by atoms with Crippen LogP contribution in [0.3, 0.4) is 0 Å². The van der Waals surface area contributed by atoms with E-state index >= 15 is 0 Å². The second-order valence-corrected chi connectivity index (χ2v) is 9.86. The number of aryl methyl sites for hydroxylation is 1. The number of hydrazone groups is 1. The van der Waals surface area contributed by atoms with Gasteiger partial charge in [-0.3, -0.25) is 4.79 Å². The van der Waals surface area contributed by atoms with Gasteiger partial charge in [0.1, 0.15) is 5.75 Å². The van der Waals surface area contributed by atoms with Crippen LogP contribution >= 0.6 is 0 Å². The van der Waals surface area contributed by atoms with Gasteiger partial charge in [-0.2, -0.15) is 5.10 Å². The molecule has 2 aromatic rings. The van der Waals surface area contributed by atoms with Crippen LogP contribution in [-0.2, 0) is 10.2 Å². The fourth-order valence-corrected chi connectivity index (χ4v) is 6.75. The van der Waals surface area contributed by atoms with Crippen LogP contribution < -0.4 is 10.2 Å². The minimum Gasteiger partial charge on any atom is -0.497 e. The van der Waals surface area contributed by atoms with E-state index in [1.807, 2.05) is 24.3 Å². The molecule has 156 valence electrons. The molecule has 6 rings (SSSR count). The number of nitrogens with zero attached hydrogens (tertiary/aromatic N) is 1. The second kappa shape index (κ2) is 7.26. The molecule has 0 aromatic heterocycles. The standard InChI is InChI=1S/C26H30N2O2/c1-18-3-7-22(8-4-18)25-12-20-11-21(13-25)15-26(14-20,17-25)24(29)28-27-16-19-5-9-23(30-2)10-6-19/h3-10,16,20-21H,11-15,17H2,1-2H3,(H,28,29)/b27-16-/t20-,21-,25?,26?/m0/s1. The van der Waals surface area contributed by atoms with Gasteiger partial charge >= 0.3 is 0 Å². The zero-order valence-corrected chi connectivity index (χ0v) is 17.9. The number of methoxy groups -OCH3 is 1. The Morgan fingerprint density at radius 1 is 1.03 bits per heavy atom. The number of hydrogen-bond acceptors (Lipinski definition) is 3. The lowest BCUT2D eigenvalue weighted by Crippen LogP contribution is -2.58. The van der Waals surface area contributed by atoms with Crippen LogP contribution in [0.2, 0.25) is 0 Å². The molecule has 4 heteroatoms. The molecule has 4 aliphatic rings. The molecule has 0 aliphatic heterocycles. The number of rotatable bonds is 5. The molecule has 2 atom stereocenters. The van der Waals surface area contributed by atoms with Crippen molar-refractivity contribution in [2.75, 3.05) is 7.11 Å². The molecule has 4 nitrogen and oxygen atoms in total. The average molecular weight is 403 g/mol. The molecule has 4 saturated carbocycles. The van der Waals surface area contributed by atoms with E-state index in [2.05, 4.69) is 41.7 Å². The first-order valence-corrected chi connectivity index (χ1v) is 11.1. The Balaban J connectivity index is 1.35. The van der Waals surface area contributed by atoms with Crippen molar-refractivity contribution in [2.24, 2.45) is 22.4 Å². The van der Waals surface area contributed by atoms with E-state index < -0.39 is 0 Å². The van der Waals surface area contributed by atoms with Gasteiger partial charge in [0.25, 0.3) is 0 Å². The molecule has 30 heavy (non-hydrogen) atoms. The number of nitrogens with one attached hydrogen (secondary N) is 1. The molecule has 2 aromatic carbocycles. The first kappa shape index (κ1) is 19.3. The van der Waals surface area contributed by atoms with E-state index in [-0.39, 0.29) is 16.7 Å². The number of amides is 1. The van der Waals surface area contributed by atoms with Crippen LogP contribution in [0.1, 0.15) is 55.2 Å². The summed E-state index contributed by atoms with van der Waals surface area (Å²) in [7, 11) is 1.65. The molecular formula is C26H30N2O2. The molecular weight excluding hydrogens is 372 g/mol. The Bertz CT molecular complexity index is 948. The first-order valence-electron chi connectivity index (χ1n) is 11.1. The molecule has 4 aliphatic carbocycles. The summed E-state index contributed by atoms with van der Waals surface area (Å²) in [5.74, 6) is 2.23. The number of carbonyl (C=O) groups is 1. The van der Waals surface area contributed by atoms with Crippen molar-refractivity contribution in [3.05, 3.63) is 65.2 Å². The maximum Gasteiger partial charge on any atom is 0.246 e. The summed E-state index contributed by atoms with van der Waals surface area (Å²) in [4.78, 5) is 13.4. The summed E-state index contributed by atoms with van der Waals surface area (Å²) >= 11 is 0. The zero-order chi connectivity index (χ0) is 20.8. The summed E-state index contributed by atoms with van der Waals surface area (Å²) in [6, 6.07) is 16.7. The quantitative estimate of drug-likeness (QED) is 0.566. The molecule has 4 bridgehead atoms. The van der Waals surface area contributed by atoms with Crippen LogP contribution in [0.15, 0.2) is 53.6 Å². The highest BCUT2D eigenvalue weighted by Gasteiger charge is 2.60. The largest absolute Gasteiger partial charge is 0.497 e. The van der Waals surface area contributed by atoms with Gasteiger partial charge in [-0.05, 0) is 98.1 Å². The predicted octanol–water partition coefficient (Wildman–Crippen LogP) is 4.99. The lowest BCUT2D eigenvalue weighted by atomic mass is 9.42. The van der Waals surface area contributed by atoms with Crippen molar-refractivity contribution in [2.45, 2.75) is 50.9 Å². The highest BCUT2D eigenvalue weighted by atomic mass is 16.5. The summed E-state index contributed by atoms with van der Waals surface area (Å²) in [6.07, 6.45) is 8.46. The van der Waals surface area contributed by atoms with Gasteiger partial charge in [-0.1, -0.05) is 29.8 Å². The second-order valence-electron chi connectivity index (χ2n) is 9.86. The minimum atomic E-state index is -0.272. The van der Waals surface area contributed by atoms with Gasteiger partial charge in [0.2, 0.25) is 5.91 Å². The average Bonchev–Trinajstić information content (AvgIpc) is 2.73. The summed E-state index contributed by atoms with van der Waals surface area (Å²) in [5.41, 5.74) is 6.45. The molecule has 1 N–H and O–H groups in total. The van der Waals surface area contributed by atoms with Crippen molar-refractivity contribution in [3.8, 4) is 5.75 Å². The normalized spacial score (nSPS) is 31.8. The lowest BCUT2D eigenvalue weighted by molar-refractivity contribution is -0.149. The Morgan fingerprint density at radius 3 is 2.33 bits per heavy atom. The Morgan fingerprint density at radius 2 is 1.70 bits per heavy atom. The molecule has 1 amide bonds. The van der Waals surface area contributed by atoms with Crippen LogP contribution in [-0.4, -0.2) is 19.2 Å². The number of benzene rings is 2. The summed E-state index contributed by atoms with van der Waals surface area (Å²) in [6.45, 7) is 2.14. The lowest BCUT2D eigenvalue weighted by Gasteiger charge is -2.61. The maximum atomic E-state index is 13.4. The highest BCUT2D eigenvalue weighted by Crippen LogP contribution is 2.65. The minimum absolute atomic E-state index is 0.109. The van der Waals surface area contributed by atoms with E-state index in [0.29, 0.717) is 11.8 Å². The number of hydrogen-bond donors (Lipinski definition) is 1. The summed E-state index contributed by atoms with van der Waals surface area (Å²) < 4.78 is 5.19. The van der Waals surface area contributed by atoms with Crippen molar-refractivity contribution in [3.63, 3.8) is 0 Å². The van der Waals surface area contributed by atoms with E-state index in [1.165, 1.54) is 30.4 Å². The van der Waals surface area contributed by atoms with Crippen molar-refractivity contribution in [1.29, 1.82) is 0 Å². The van der Waals surface area contributed by atoms with Gasteiger partial charge in [0, 0.05) is 0 Å². The third-order valence-electron chi connectivity index (χ3n) is 7.70. The fraction of sp³-hybridized carbons (Fsp3) is 0.462. The Labute approximate surface area is 178 Å². The predicted molar refractivity (Wildman–Crippen MR) is 119 cm³/mol. The monoisotopic (exact) mass is 402 g/mol. The smallest absolute Gasteiger partial charge is 0.246 e. The molecule has 4 fully saturated rings. The Hall–Kier alpha value is -2.62. The highest BCUT2D eigenvalue weighted by molar-refractivity contribution is 5.86. The SMILES string of the molecule is COc1ccc(/C=N\NC(=O)C23C[C@H]4C[C@H](C2)CC(c2ccc(C)cc2)(C4)C3)cc1. The fourth-order valence-electron chi connectivity index (χ4n) is 6.75. The van der Waals surface area contributed by atoms with E-state index in [4.69, 9.17) is 4.74 Å². The first-order chi connectivity index (χ1) is 14.5.